The van der Waals surface area contributed by atoms with Crippen LogP contribution in [0.2, 0.25) is 0 Å². The Morgan fingerprint density at radius 2 is 2.03 bits per heavy atom. The number of rotatable bonds is 6. The molecule has 202 valence electrons. The van der Waals surface area contributed by atoms with Gasteiger partial charge in [0.15, 0.2) is 5.82 Å². The molecule has 0 spiro atoms. The van der Waals surface area contributed by atoms with Crippen LogP contribution in [0.3, 0.4) is 0 Å². The number of anilines is 1. The molecule has 4 aromatic rings. The highest BCUT2D eigenvalue weighted by Crippen LogP contribution is 2.37. The number of likely N-dealkylation sites (tertiary alicyclic amines) is 1. The van der Waals surface area contributed by atoms with E-state index in [0.29, 0.717) is 17.9 Å². The SMILES string of the molecule is COc1nc(NC2CN(C3COC3)CC2(F)F)nn2cc(F)c(-c3ccc4nnn(CC(F)(F)F)c4c3)c12. The molecule has 38 heavy (non-hydrogen) atoms. The van der Waals surface area contributed by atoms with Crippen molar-refractivity contribution in [1.29, 1.82) is 0 Å². The maximum absolute atomic E-state index is 15.2. The van der Waals surface area contributed by atoms with Crippen LogP contribution in [-0.4, -0.2) is 92.1 Å². The topological polar surface area (TPSA) is 94.6 Å². The van der Waals surface area contributed by atoms with E-state index in [1.165, 1.54) is 25.3 Å². The summed E-state index contributed by atoms with van der Waals surface area (Å²) in [6.07, 6.45) is -3.52. The third-order valence-electron chi connectivity index (χ3n) is 6.66. The molecule has 16 heteroatoms. The fraction of sp³-hybridized carbons (Fsp3) is 0.455. The van der Waals surface area contributed by atoms with Crippen LogP contribution < -0.4 is 10.1 Å². The van der Waals surface area contributed by atoms with E-state index in [0.717, 1.165) is 10.7 Å². The molecule has 1 atom stereocenters. The van der Waals surface area contributed by atoms with Crippen molar-refractivity contribution in [1.82, 2.24) is 34.5 Å². The molecule has 0 amide bonds. The van der Waals surface area contributed by atoms with E-state index in [4.69, 9.17) is 9.47 Å². The Hall–Kier alpha value is -3.66. The predicted octanol–water partition coefficient (Wildman–Crippen LogP) is 2.98. The monoisotopic (exact) mass is 542 g/mol. The number of benzene rings is 1. The molecular weight excluding hydrogens is 522 g/mol. The lowest BCUT2D eigenvalue weighted by molar-refractivity contribution is -0.142. The lowest BCUT2D eigenvalue weighted by Gasteiger charge is -2.34. The lowest BCUT2D eigenvalue weighted by atomic mass is 10.1. The molecular formula is C22H20F6N8O2. The normalized spacial score (nSPS) is 20.3. The molecule has 1 aromatic carbocycles. The largest absolute Gasteiger partial charge is 0.479 e. The van der Waals surface area contributed by atoms with Gasteiger partial charge in [-0.05, 0) is 17.7 Å². The zero-order valence-electron chi connectivity index (χ0n) is 19.7. The third-order valence-corrected chi connectivity index (χ3v) is 6.66. The number of hydrogen-bond donors (Lipinski definition) is 1. The van der Waals surface area contributed by atoms with Crippen LogP contribution in [0.5, 0.6) is 5.88 Å². The van der Waals surface area contributed by atoms with Gasteiger partial charge in [-0.25, -0.2) is 22.4 Å². The van der Waals surface area contributed by atoms with Gasteiger partial charge in [-0.3, -0.25) is 4.90 Å². The highest BCUT2D eigenvalue weighted by Gasteiger charge is 2.51. The standard InChI is InChI=1S/C22H20F6N8O2/c1-37-19-18-17(11-2-3-14-15(4-11)36(33-31-14)10-22(26,27)28)13(23)5-35(18)32-20(30-19)29-16-6-34(9-21(16,24)25)12-7-38-8-12/h2-5,12,16H,6-10H2,1H3,(H,29,32). The van der Waals surface area contributed by atoms with Crippen molar-refractivity contribution in [2.24, 2.45) is 0 Å². The van der Waals surface area contributed by atoms with Gasteiger partial charge in [-0.15, -0.1) is 10.2 Å². The highest BCUT2D eigenvalue weighted by molar-refractivity contribution is 5.89. The summed E-state index contributed by atoms with van der Waals surface area (Å²) in [5.41, 5.74) is 0.457. The summed E-state index contributed by atoms with van der Waals surface area (Å²) in [4.78, 5) is 5.82. The molecule has 0 aliphatic carbocycles. The molecule has 1 N–H and O–H groups in total. The Labute approximate surface area is 210 Å². The van der Waals surface area contributed by atoms with E-state index < -0.39 is 37.0 Å². The zero-order chi connectivity index (χ0) is 26.8. The van der Waals surface area contributed by atoms with Crippen LogP contribution in [-0.2, 0) is 11.3 Å². The van der Waals surface area contributed by atoms with E-state index >= 15 is 4.39 Å². The number of aromatic nitrogens is 6. The van der Waals surface area contributed by atoms with Crippen LogP contribution in [0.25, 0.3) is 27.7 Å². The minimum atomic E-state index is -4.54. The summed E-state index contributed by atoms with van der Waals surface area (Å²) in [5.74, 6) is -4.16. The van der Waals surface area contributed by atoms with Crippen molar-refractivity contribution in [2.45, 2.75) is 30.7 Å². The van der Waals surface area contributed by atoms with Crippen LogP contribution in [0.15, 0.2) is 24.4 Å². The summed E-state index contributed by atoms with van der Waals surface area (Å²) in [5, 5.41) is 14.1. The Bertz CT molecular complexity index is 1520. The molecule has 0 radical (unpaired) electrons. The van der Waals surface area contributed by atoms with Gasteiger partial charge in [0, 0.05) is 6.54 Å². The number of nitrogens with one attached hydrogen (secondary N) is 1. The molecule has 10 nitrogen and oxygen atoms in total. The first-order chi connectivity index (χ1) is 18.0. The summed E-state index contributed by atoms with van der Waals surface area (Å²) in [6, 6.07) is 2.83. The first-order valence-electron chi connectivity index (χ1n) is 11.5. The van der Waals surface area contributed by atoms with Gasteiger partial charge in [-0.2, -0.15) is 18.2 Å². The molecule has 6 rings (SSSR count). The average Bonchev–Trinajstić information content (AvgIpc) is 3.43. The molecule has 2 saturated heterocycles. The molecule has 0 saturated carbocycles. The Morgan fingerprint density at radius 1 is 1.24 bits per heavy atom. The van der Waals surface area contributed by atoms with Gasteiger partial charge < -0.3 is 14.8 Å². The minimum Gasteiger partial charge on any atom is -0.479 e. The van der Waals surface area contributed by atoms with Gasteiger partial charge in [0.25, 0.3) is 5.92 Å². The van der Waals surface area contributed by atoms with Crippen molar-refractivity contribution in [3.05, 3.63) is 30.2 Å². The van der Waals surface area contributed by atoms with E-state index in [1.54, 1.807) is 4.90 Å². The molecule has 2 aliphatic rings. The molecule has 3 aromatic heterocycles. The summed E-state index contributed by atoms with van der Waals surface area (Å²) in [6.45, 7) is -0.991. The van der Waals surface area contributed by atoms with Crippen molar-refractivity contribution in [2.75, 3.05) is 38.7 Å². The number of fused-ring (bicyclic) bond motifs is 2. The van der Waals surface area contributed by atoms with Gasteiger partial charge in [0.2, 0.25) is 11.8 Å². The Kier molecular flexibility index (Phi) is 5.64. The molecule has 5 heterocycles. The summed E-state index contributed by atoms with van der Waals surface area (Å²) in [7, 11) is 1.27. The van der Waals surface area contributed by atoms with E-state index in [2.05, 4.69) is 25.7 Å². The van der Waals surface area contributed by atoms with Crippen LogP contribution in [0.1, 0.15) is 0 Å². The molecule has 2 aliphatic heterocycles. The fourth-order valence-corrected chi connectivity index (χ4v) is 4.74. The number of alkyl halides is 5. The first-order valence-corrected chi connectivity index (χ1v) is 11.5. The third kappa shape index (κ3) is 4.26. The van der Waals surface area contributed by atoms with E-state index in [-0.39, 0.29) is 52.1 Å². The quantitative estimate of drug-likeness (QED) is 0.372. The lowest BCUT2D eigenvalue weighted by Crippen LogP contribution is -2.48. The van der Waals surface area contributed by atoms with Gasteiger partial charge in [-0.1, -0.05) is 11.3 Å². The van der Waals surface area contributed by atoms with Crippen molar-refractivity contribution < 1.29 is 35.8 Å². The first kappa shape index (κ1) is 24.7. The molecule has 1 unspecified atom stereocenters. The smallest absolute Gasteiger partial charge is 0.408 e. The van der Waals surface area contributed by atoms with Gasteiger partial charge in [0.1, 0.15) is 23.6 Å². The Balaban J connectivity index is 1.36. The summed E-state index contributed by atoms with van der Waals surface area (Å²) < 4.78 is 95.7. The van der Waals surface area contributed by atoms with Crippen LogP contribution >= 0.6 is 0 Å². The number of hydrogen-bond acceptors (Lipinski definition) is 8. The Morgan fingerprint density at radius 3 is 2.71 bits per heavy atom. The zero-order valence-corrected chi connectivity index (χ0v) is 19.7. The van der Waals surface area contributed by atoms with Crippen molar-refractivity contribution >= 4 is 22.5 Å². The second kappa shape index (κ2) is 8.69. The molecule has 2 fully saturated rings. The summed E-state index contributed by atoms with van der Waals surface area (Å²) >= 11 is 0. The average molecular weight is 542 g/mol. The van der Waals surface area contributed by atoms with E-state index in [9.17, 15) is 22.0 Å². The van der Waals surface area contributed by atoms with Gasteiger partial charge >= 0.3 is 6.18 Å². The van der Waals surface area contributed by atoms with Crippen LogP contribution in [0, 0.1) is 5.82 Å². The second-order valence-electron chi connectivity index (χ2n) is 9.23. The number of nitrogens with zero attached hydrogens (tertiary/aromatic N) is 7. The fourth-order valence-electron chi connectivity index (χ4n) is 4.74. The predicted molar refractivity (Wildman–Crippen MR) is 121 cm³/mol. The van der Waals surface area contributed by atoms with Crippen molar-refractivity contribution in [3.8, 4) is 17.0 Å². The van der Waals surface area contributed by atoms with Crippen LogP contribution in [0.4, 0.5) is 32.3 Å². The second-order valence-corrected chi connectivity index (χ2v) is 9.23. The van der Waals surface area contributed by atoms with Crippen molar-refractivity contribution in [3.63, 3.8) is 0 Å². The van der Waals surface area contributed by atoms with Gasteiger partial charge in [0.05, 0.1) is 50.2 Å². The molecule has 0 bridgehead atoms. The van der Waals surface area contributed by atoms with E-state index in [1.807, 2.05) is 0 Å². The maximum Gasteiger partial charge on any atom is 0.408 e. The minimum absolute atomic E-state index is 0.0374. The highest BCUT2D eigenvalue weighted by atomic mass is 19.4. The number of ether oxygens (including phenoxy) is 2. The number of halogens is 6. The number of methoxy groups -OCH3 is 1. The maximum atomic E-state index is 15.2.